The van der Waals surface area contributed by atoms with Crippen LogP contribution >= 0.6 is 0 Å². The molecular weight excluding hydrogens is 233 g/mol. The van der Waals surface area contributed by atoms with E-state index in [-0.39, 0.29) is 11.9 Å². The molecule has 0 amide bonds. The minimum absolute atomic E-state index is 0.240. The van der Waals surface area contributed by atoms with Crippen LogP contribution in [0.15, 0.2) is 18.2 Å². The van der Waals surface area contributed by atoms with Gasteiger partial charge >= 0.3 is 0 Å². The highest BCUT2D eigenvalue weighted by Crippen LogP contribution is 2.39. The number of nitrogens with zero attached hydrogens (tertiary/aromatic N) is 2. The highest BCUT2D eigenvalue weighted by molar-refractivity contribution is 5.76. The fourth-order valence-electron chi connectivity index (χ4n) is 2.32. The summed E-state index contributed by atoms with van der Waals surface area (Å²) in [7, 11) is 1.61. The lowest BCUT2D eigenvalue weighted by molar-refractivity contribution is 0.177. The Bertz CT molecular complexity index is 577. The molecule has 4 nitrogen and oxygen atoms in total. The summed E-state index contributed by atoms with van der Waals surface area (Å²) in [5.74, 6) is 0.552. The Labute approximate surface area is 105 Å². The SMILES string of the molecule is COCC(N)c1nc2ccc(F)cc2n1C1CC1. The number of nitrogens with two attached hydrogens (primary N) is 1. The third-order valence-electron chi connectivity index (χ3n) is 3.27. The van der Waals surface area contributed by atoms with Crippen LogP contribution in [0.5, 0.6) is 0 Å². The van der Waals surface area contributed by atoms with E-state index in [0.717, 1.165) is 29.7 Å². The van der Waals surface area contributed by atoms with Gasteiger partial charge in [0, 0.05) is 13.2 Å². The normalized spacial score (nSPS) is 17.3. The molecule has 0 radical (unpaired) electrons. The number of aromatic nitrogens is 2. The predicted molar refractivity (Wildman–Crippen MR) is 66.8 cm³/mol. The second-order valence-corrected chi connectivity index (χ2v) is 4.77. The zero-order valence-corrected chi connectivity index (χ0v) is 10.3. The maximum Gasteiger partial charge on any atom is 0.129 e. The van der Waals surface area contributed by atoms with Crippen LogP contribution in [-0.4, -0.2) is 23.3 Å². The summed E-state index contributed by atoms with van der Waals surface area (Å²) < 4.78 is 20.5. The third kappa shape index (κ3) is 1.89. The molecule has 0 bridgehead atoms. The largest absolute Gasteiger partial charge is 0.383 e. The molecule has 1 fully saturated rings. The van der Waals surface area contributed by atoms with Crippen LogP contribution in [0.3, 0.4) is 0 Å². The van der Waals surface area contributed by atoms with E-state index in [1.54, 1.807) is 13.2 Å². The highest BCUT2D eigenvalue weighted by Gasteiger charge is 2.30. The molecule has 1 aliphatic rings. The third-order valence-corrected chi connectivity index (χ3v) is 3.27. The number of hydrogen-bond acceptors (Lipinski definition) is 3. The maximum absolute atomic E-state index is 13.4. The second-order valence-electron chi connectivity index (χ2n) is 4.77. The molecule has 1 aromatic heterocycles. The molecule has 1 atom stereocenters. The fourth-order valence-corrected chi connectivity index (χ4v) is 2.32. The lowest BCUT2D eigenvalue weighted by atomic mass is 10.3. The molecule has 1 aromatic carbocycles. The van der Waals surface area contributed by atoms with Crippen molar-refractivity contribution in [3.63, 3.8) is 0 Å². The van der Waals surface area contributed by atoms with E-state index in [1.165, 1.54) is 12.1 Å². The van der Waals surface area contributed by atoms with Crippen LogP contribution < -0.4 is 5.73 Å². The van der Waals surface area contributed by atoms with Gasteiger partial charge in [-0.05, 0) is 31.0 Å². The molecule has 2 N–H and O–H groups in total. The number of ether oxygens (including phenoxy) is 1. The summed E-state index contributed by atoms with van der Waals surface area (Å²) in [6.07, 6.45) is 2.21. The number of methoxy groups -OCH3 is 1. The zero-order chi connectivity index (χ0) is 12.7. The van der Waals surface area contributed by atoms with Crippen molar-refractivity contribution < 1.29 is 9.13 Å². The van der Waals surface area contributed by atoms with Crippen molar-refractivity contribution in [3.8, 4) is 0 Å². The molecular formula is C13H16FN3O. The van der Waals surface area contributed by atoms with Crippen molar-refractivity contribution >= 4 is 11.0 Å². The van der Waals surface area contributed by atoms with Crippen molar-refractivity contribution in [1.29, 1.82) is 0 Å². The van der Waals surface area contributed by atoms with Crippen LogP contribution in [0.1, 0.15) is 30.7 Å². The molecule has 0 saturated heterocycles. The van der Waals surface area contributed by atoms with Crippen molar-refractivity contribution in [1.82, 2.24) is 9.55 Å². The molecule has 2 aromatic rings. The first kappa shape index (κ1) is 11.6. The molecule has 5 heteroatoms. The van der Waals surface area contributed by atoms with Gasteiger partial charge in [-0.2, -0.15) is 0 Å². The number of halogens is 1. The molecule has 1 aliphatic carbocycles. The van der Waals surface area contributed by atoms with E-state index in [1.807, 2.05) is 0 Å². The summed E-state index contributed by atoms with van der Waals surface area (Å²) in [5.41, 5.74) is 7.70. The summed E-state index contributed by atoms with van der Waals surface area (Å²) in [6.45, 7) is 0.415. The average Bonchev–Trinajstić information content (AvgIpc) is 3.10. The molecule has 1 saturated carbocycles. The molecule has 1 heterocycles. The van der Waals surface area contributed by atoms with Crippen molar-refractivity contribution in [3.05, 3.63) is 29.8 Å². The number of hydrogen-bond donors (Lipinski definition) is 1. The summed E-state index contributed by atoms with van der Waals surface area (Å²) in [6, 6.07) is 4.80. The highest BCUT2D eigenvalue weighted by atomic mass is 19.1. The molecule has 18 heavy (non-hydrogen) atoms. The van der Waals surface area contributed by atoms with Gasteiger partial charge in [-0.15, -0.1) is 0 Å². The van der Waals surface area contributed by atoms with Crippen LogP contribution in [0.4, 0.5) is 4.39 Å². The topological polar surface area (TPSA) is 53.1 Å². The van der Waals surface area contributed by atoms with E-state index in [9.17, 15) is 4.39 Å². The minimum atomic E-state index is -0.272. The first-order chi connectivity index (χ1) is 8.70. The first-order valence-electron chi connectivity index (χ1n) is 6.12. The van der Waals surface area contributed by atoms with Crippen molar-refractivity contribution in [2.45, 2.75) is 24.9 Å². The van der Waals surface area contributed by atoms with Gasteiger partial charge in [-0.25, -0.2) is 9.37 Å². The number of benzene rings is 1. The molecule has 0 spiro atoms. The van der Waals surface area contributed by atoms with Crippen molar-refractivity contribution in [2.24, 2.45) is 5.73 Å². The van der Waals surface area contributed by atoms with Gasteiger partial charge < -0.3 is 15.0 Å². The minimum Gasteiger partial charge on any atom is -0.383 e. The molecule has 1 unspecified atom stereocenters. The van der Waals surface area contributed by atoms with Crippen LogP contribution in [-0.2, 0) is 4.74 Å². The van der Waals surface area contributed by atoms with Gasteiger partial charge in [-0.1, -0.05) is 0 Å². The number of fused-ring (bicyclic) bond motifs is 1. The number of rotatable bonds is 4. The Morgan fingerprint density at radius 2 is 2.33 bits per heavy atom. The average molecular weight is 249 g/mol. The Morgan fingerprint density at radius 1 is 1.56 bits per heavy atom. The Morgan fingerprint density at radius 3 is 3.00 bits per heavy atom. The first-order valence-corrected chi connectivity index (χ1v) is 6.12. The van der Waals surface area contributed by atoms with Gasteiger partial charge in [0.25, 0.3) is 0 Å². The van der Waals surface area contributed by atoms with E-state index in [4.69, 9.17) is 10.5 Å². The van der Waals surface area contributed by atoms with Gasteiger partial charge in [0.15, 0.2) is 0 Å². The van der Waals surface area contributed by atoms with Gasteiger partial charge in [0.05, 0.1) is 23.7 Å². The standard InChI is InChI=1S/C13H16FN3O/c1-18-7-10(15)13-16-11-5-2-8(14)6-12(11)17(13)9-3-4-9/h2,5-6,9-10H,3-4,7,15H2,1H3. The van der Waals surface area contributed by atoms with Crippen LogP contribution in [0.25, 0.3) is 11.0 Å². The zero-order valence-electron chi connectivity index (χ0n) is 10.3. The van der Waals surface area contributed by atoms with Crippen LogP contribution in [0, 0.1) is 5.82 Å². The molecule has 3 rings (SSSR count). The van der Waals surface area contributed by atoms with E-state index < -0.39 is 0 Å². The predicted octanol–water partition coefficient (Wildman–Crippen LogP) is 2.16. The van der Waals surface area contributed by atoms with Gasteiger partial charge in [0.1, 0.15) is 11.6 Å². The fraction of sp³-hybridized carbons (Fsp3) is 0.462. The van der Waals surface area contributed by atoms with E-state index >= 15 is 0 Å². The van der Waals surface area contributed by atoms with E-state index in [2.05, 4.69) is 9.55 Å². The lowest BCUT2D eigenvalue weighted by Crippen LogP contribution is -2.20. The Kier molecular flexibility index (Phi) is 2.80. The van der Waals surface area contributed by atoms with E-state index in [0.29, 0.717) is 12.6 Å². The number of imidazole rings is 1. The molecule has 0 aliphatic heterocycles. The summed E-state index contributed by atoms with van der Waals surface area (Å²) in [4.78, 5) is 4.52. The monoisotopic (exact) mass is 249 g/mol. The van der Waals surface area contributed by atoms with Gasteiger partial charge in [0.2, 0.25) is 0 Å². The Balaban J connectivity index is 2.15. The second kappa shape index (κ2) is 4.33. The Hall–Kier alpha value is -1.46. The smallest absolute Gasteiger partial charge is 0.129 e. The lowest BCUT2D eigenvalue weighted by Gasteiger charge is -2.13. The quantitative estimate of drug-likeness (QED) is 0.903. The van der Waals surface area contributed by atoms with Crippen molar-refractivity contribution in [2.75, 3.05) is 13.7 Å². The van der Waals surface area contributed by atoms with Crippen LogP contribution in [0.2, 0.25) is 0 Å². The molecule has 96 valence electrons. The summed E-state index contributed by atoms with van der Waals surface area (Å²) in [5, 5.41) is 0. The van der Waals surface area contributed by atoms with Gasteiger partial charge in [-0.3, -0.25) is 0 Å². The maximum atomic E-state index is 13.4. The summed E-state index contributed by atoms with van der Waals surface area (Å²) >= 11 is 0.